The van der Waals surface area contributed by atoms with Crippen molar-refractivity contribution < 1.29 is 13.3 Å². The molecule has 2 N–H and O–H groups in total. The van der Waals surface area contributed by atoms with Gasteiger partial charge in [-0.2, -0.15) is 4.31 Å². The number of sulfonamides is 1. The van der Waals surface area contributed by atoms with Crippen LogP contribution in [0, 0.1) is 16.0 Å². The number of nitro benzene ring substituents is 1. The van der Waals surface area contributed by atoms with Gasteiger partial charge in [0.05, 0.1) is 10.6 Å². The molecule has 21 heavy (non-hydrogen) atoms. The fourth-order valence-corrected chi connectivity index (χ4v) is 4.25. The minimum Gasteiger partial charge on any atom is -0.397 e. The molecule has 1 saturated heterocycles. The number of non-ortho nitro benzene ring substituents is 1. The van der Waals surface area contributed by atoms with Crippen LogP contribution in [0.25, 0.3) is 0 Å². The number of piperidine rings is 1. The predicted molar refractivity (Wildman–Crippen MR) is 79.3 cm³/mol. The van der Waals surface area contributed by atoms with Crippen molar-refractivity contribution in [2.24, 2.45) is 5.92 Å². The number of hydrogen-bond donors (Lipinski definition) is 1. The van der Waals surface area contributed by atoms with Crippen LogP contribution in [-0.4, -0.2) is 30.7 Å². The number of nitrogens with two attached hydrogens (primary N) is 1. The Hall–Kier alpha value is -1.67. The lowest BCUT2D eigenvalue weighted by atomic mass is 9.97. The molecular formula is C13H19N3O4S. The van der Waals surface area contributed by atoms with Crippen LogP contribution in [-0.2, 0) is 10.0 Å². The van der Waals surface area contributed by atoms with Crippen LogP contribution in [0.15, 0.2) is 23.1 Å². The molecule has 1 aromatic carbocycles. The van der Waals surface area contributed by atoms with E-state index in [1.54, 1.807) is 0 Å². The van der Waals surface area contributed by atoms with Gasteiger partial charge >= 0.3 is 0 Å². The van der Waals surface area contributed by atoms with Gasteiger partial charge in [0.2, 0.25) is 10.0 Å². The third kappa shape index (κ3) is 3.16. The molecule has 0 aliphatic carbocycles. The Morgan fingerprint density at radius 2 is 2.19 bits per heavy atom. The highest BCUT2D eigenvalue weighted by Crippen LogP contribution is 2.30. The lowest BCUT2D eigenvalue weighted by molar-refractivity contribution is -0.384. The smallest absolute Gasteiger partial charge is 0.271 e. The maximum Gasteiger partial charge on any atom is 0.271 e. The van der Waals surface area contributed by atoms with E-state index in [9.17, 15) is 18.5 Å². The summed E-state index contributed by atoms with van der Waals surface area (Å²) in [4.78, 5) is 10.0. The van der Waals surface area contributed by atoms with Crippen LogP contribution in [0.4, 0.5) is 11.4 Å². The molecule has 0 spiro atoms. The molecule has 0 bridgehead atoms. The van der Waals surface area contributed by atoms with Gasteiger partial charge in [-0.25, -0.2) is 8.42 Å². The number of benzene rings is 1. The Kier molecular flexibility index (Phi) is 4.48. The minimum absolute atomic E-state index is 0.0511. The summed E-state index contributed by atoms with van der Waals surface area (Å²) in [6.07, 6.45) is 2.78. The van der Waals surface area contributed by atoms with Crippen molar-refractivity contribution in [1.29, 1.82) is 0 Å². The summed E-state index contributed by atoms with van der Waals surface area (Å²) in [6, 6.07) is 3.48. The predicted octanol–water partition coefficient (Wildman–Crippen LogP) is 1.99. The van der Waals surface area contributed by atoms with Crippen molar-refractivity contribution in [2.45, 2.75) is 31.1 Å². The molecule has 1 aliphatic heterocycles. The van der Waals surface area contributed by atoms with E-state index in [4.69, 9.17) is 5.73 Å². The van der Waals surface area contributed by atoms with E-state index >= 15 is 0 Å². The zero-order valence-electron chi connectivity index (χ0n) is 11.9. The second-order valence-electron chi connectivity index (χ2n) is 5.26. The van der Waals surface area contributed by atoms with E-state index in [0.29, 0.717) is 19.0 Å². The Labute approximate surface area is 123 Å². The molecule has 1 aromatic rings. The molecule has 2 rings (SSSR count). The summed E-state index contributed by atoms with van der Waals surface area (Å²) in [5.41, 5.74) is 5.42. The molecule has 8 heteroatoms. The molecule has 1 atom stereocenters. The lowest BCUT2D eigenvalue weighted by Crippen LogP contribution is -2.39. The first-order chi connectivity index (χ1) is 9.86. The van der Waals surface area contributed by atoms with Crippen molar-refractivity contribution in [3.63, 3.8) is 0 Å². The Morgan fingerprint density at radius 3 is 2.76 bits per heavy atom. The van der Waals surface area contributed by atoms with Crippen LogP contribution in [0.5, 0.6) is 0 Å². The Balaban J connectivity index is 2.33. The molecule has 0 aromatic heterocycles. The van der Waals surface area contributed by atoms with Gasteiger partial charge < -0.3 is 5.73 Å². The van der Waals surface area contributed by atoms with Crippen LogP contribution in [0.2, 0.25) is 0 Å². The number of nitrogens with zero attached hydrogens (tertiary/aromatic N) is 2. The molecule has 116 valence electrons. The van der Waals surface area contributed by atoms with Gasteiger partial charge in [-0.3, -0.25) is 10.1 Å². The fourth-order valence-electron chi connectivity index (χ4n) is 2.60. The van der Waals surface area contributed by atoms with E-state index in [1.165, 1.54) is 16.4 Å². The van der Waals surface area contributed by atoms with E-state index in [2.05, 4.69) is 0 Å². The van der Waals surface area contributed by atoms with Crippen LogP contribution in [0.1, 0.15) is 26.2 Å². The first kappa shape index (κ1) is 15.7. The Morgan fingerprint density at radius 1 is 1.48 bits per heavy atom. The highest BCUT2D eigenvalue weighted by Gasteiger charge is 2.31. The molecule has 1 aliphatic rings. The minimum atomic E-state index is -3.69. The summed E-state index contributed by atoms with van der Waals surface area (Å²) in [7, 11) is -3.69. The van der Waals surface area contributed by atoms with Crippen LogP contribution in [0.3, 0.4) is 0 Å². The van der Waals surface area contributed by atoms with Gasteiger partial charge in [0.25, 0.3) is 5.69 Å². The lowest BCUT2D eigenvalue weighted by Gasteiger charge is -2.31. The molecule has 1 fully saturated rings. The molecule has 7 nitrogen and oxygen atoms in total. The first-order valence-electron chi connectivity index (χ1n) is 6.90. The monoisotopic (exact) mass is 313 g/mol. The summed E-state index contributed by atoms with van der Waals surface area (Å²) in [5.74, 6) is 0.354. The number of rotatable bonds is 4. The summed E-state index contributed by atoms with van der Waals surface area (Å²) >= 11 is 0. The highest BCUT2D eigenvalue weighted by molar-refractivity contribution is 7.89. The van der Waals surface area contributed by atoms with Crippen molar-refractivity contribution >= 4 is 21.4 Å². The Bertz CT molecular complexity index is 645. The van der Waals surface area contributed by atoms with Gasteiger partial charge in [-0.05, 0) is 24.8 Å². The maximum atomic E-state index is 12.6. The largest absolute Gasteiger partial charge is 0.397 e. The highest BCUT2D eigenvalue weighted by atomic mass is 32.2. The van der Waals surface area contributed by atoms with Gasteiger partial charge in [-0.15, -0.1) is 0 Å². The zero-order valence-corrected chi connectivity index (χ0v) is 12.7. The van der Waals surface area contributed by atoms with Gasteiger partial charge in [-0.1, -0.05) is 13.3 Å². The van der Waals surface area contributed by atoms with Crippen molar-refractivity contribution in [2.75, 3.05) is 18.8 Å². The standard InChI is InChI=1S/C13H19N3O4S/c1-2-10-4-3-7-15(9-10)21(19,20)13-6-5-11(16(17)18)8-12(13)14/h5-6,8,10H,2-4,7,9,14H2,1H3. The number of nitro groups is 1. The third-order valence-corrected chi connectivity index (χ3v) is 5.82. The molecule has 0 saturated carbocycles. The van der Waals surface area contributed by atoms with E-state index in [1.807, 2.05) is 6.92 Å². The quantitative estimate of drug-likeness (QED) is 0.519. The molecular weight excluding hydrogens is 294 g/mol. The third-order valence-electron chi connectivity index (χ3n) is 3.88. The van der Waals surface area contributed by atoms with Gasteiger partial charge in [0.1, 0.15) is 4.90 Å². The maximum absolute atomic E-state index is 12.6. The second-order valence-corrected chi connectivity index (χ2v) is 7.17. The second kappa shape index (κ2) is 5.98. The summed E-state index contributed by atoms with van der Waals surface area (Å²) in [6.45, 7) is 2.99. The zero-order chi connectivity index (χ0) is 15.6. The molecule has 0 radical (unpaired) electrons. The van der Waals surface area contributed by atoms with E-state index in [-0.39, 0.29) is 16.3 Å². The van der Waals surface area contributed by atoms with Gasteiger partial charge in [0, 0.05) is 25.2 Å². The summed E-state index contributed by atoms with van der Waals surface area (Å²) in [5, 5.41) is 10.7. The number of hydrogen-bond acceptors (Lipinski definition) is 5. The van der Waals surface area contributed by atoms with E-state index < -0.39 is 14.9 Å². The normalized spacial score (nSPS) is 20.3. The molecule has 0 amide bonds. The summed E-state index contributed by atoms with van der Waals surface area (Å²) < 4.78 is 26.7. The van der Waals surface area contributed by atoms with E-state index in [0.717, 1.165) is 25.3 Å². The van der Waals surface area contributed by atoms with Crippen molar-refractivity contribution in [3.8, 4) is 0 Å². The topological polar surface area (TPSA) is 107 Å². The first-order valence-corrected chi connectivity index (χ1v) is 8.34. The van der Waals surface area contributed by atoms with Gasteiger partial charge in [0.15, 0.2) is 0 Å². The number of anilines is 1. The van der Waals surface area contributed by atoms with Crippen LogP contribution >= 0.6 is 0 Å². The average molecular weight is 313 g/mol. The van der Waals surface area contributed by atoms with Crippen molar-refractivity contribution in [1.82, 2.24) is 4.31 Å². The molecule has 1 unspecified atom stereocenters. The van der Waals surface area contributed by atoms with Crippen LogP contribution < -0.4 is 5.73 Å². The SMILES string of the molecule is CCC1CCCN(S(=O)(=O)c2ccc([N+](=O)[O-])cc2N)C1. The average Bonchev–Trinajstić information content (AvgIpc) is 2.46. The number of nitrogen functional groups attached to an aromatic ring is 1. The fraction of sp³-hybridized carbons (Fsp3) is 0.538. The molecule has 1 heterocycles. The van der Waals surface area contributed by atoms with Crippen molar-refractivity contribution in [3.05, 3.63) is 28.3 Å².